The van der Waals surface area contributed by atoms with Gasteiger partial charge in [0.15, 0.2) is 0 Å². The molecule has 2 N–H and O–H groups in total. The average Bonchev–Trinajstić information content (AvgIpc) is 2.92. The molecule has 2 fully saturated rings. The van der Waals surface area contributed by atoms with Crippen molar-refractivity contribution in [1.29, 1.82) is 0 Å². The Morgan fingerprint density at radius 1 is 1.40 bits per heavy atom. The number of aromatic amines is 1. The van der Waals surface area contributed by atoms with Gasteiger partial charge in [-0.15, -0.1) is 0 Å². The van der Waals surface area contributed by atoms with Gasteiger partial charge in [-0.05, 0) is 17.9 Å². The van der Waals surface area contributed by atoms with E-state index in [0.717, 1.165) is 26.2 Å². The molecule has 3 rings (SSSR count). The molecule has 0 aliphatic carbocycles. The van der Waals surface area contributed by atoms with E-state index in [1.807, 2.05) is 4.90 Å². The number of likely N-dealkylation sites (tertiary alicyclic amines) is 1. The van der Waals surface area contributed by atoms with E-state index in [2.05, 4.69) is 15.5 Å². The third kappa shape index (κ3) is 1.43. The van der Waals surface area contributed by atoms with Crippen molar-refractivity contribution in [2.24, 2.45) is 11.8 Å². The molecule has 2 unspecified atom stereocenters. The van der Waals surface area contributed by atoms with Crippen LogP contribution in [0.1, 0.15) is 10.5 Å². The number of H-pyrrole nitrogens is 1. The molecule has 0 spiro atoms. The lowest BCUT2D eigenvalue weighted by atomic mass is 10.0. The molecule has 0 saturated carbocycles. The summed E-state index contributed by atoms with van der Waals surface area (Å²) in [6, 6.07) is 1.73. The minimum absolute atomic E-state index is 0.0851. The summed E-state index contributed by atoms with van der Waals surface area (Å²) in [5.41, 5.74) is 0.600. The van der Waals surface area contributed by atoms with Crippen LogP contribution in [0.25, 0.3) is 0 Å². The molecule has 1 amide bonds. The Kier molecular flexibility index (Phi) is 1.98. The summed E-state index contributed by atoms with van der Waals surface area (Å²) in [4.78, 5) is 13.9. The quantitative estimate of drug-likeness (QED) is 0.663. The zero-order valence-corrected chi connectivity index (χ0v) is 8.44. The van der Waals surface area contributed by atoms with Crippen molar-refractivity contribution in [1.82, 2.24) is 20.4 Å². The molecule has 15 heavy (non-hydrogen) atoms. The molecule has 2 aliphatic rings. The number of hydrogen-bond acceptors (Lipinski definition) is 3. The predicted molar refractivity (Wildman–Crippen MR) is 54.3 cm³/mol. The largest absolute Gasteiger partial charge is 0.337 e. The highest BCUT2D eigenvalue weighted by molar-refractivity contribution is 5.92. The number of carbonyl (C=O) groups excluding carboxylic acids is 1. The van der Waals surface area contributed by atoms with Crippen LogP contribution >= 0.6 is 0 Å². The minimum atomic E-state index is 0.0851. The third-order valence-corrected chi connectivity index (χ3v) is 3.41. The van der Waals surface area contributed by atoms with Gasteiger partial charge in [-0.3, -0.25) is 9.89 Å². The van der Waals surface area contributed by atoms with Crippen LogP contribution in [-0.4, -0.2) is 47.2 Å². The van der Waals surface area contributed by atoms with E-state index in [1.165, 1.54) is 0 Å². The first kappa shape index (κ1) is 8.91. The van der Waals surface area contributed by atoms with Gasteiger partial charge in [-0.2, -0.15) is 5.10 Å². The Morgan fingerprint density at radius 2 is 2.13 bits per heavy atom. The van der Waals surface area contributed by atoms with Crippen molar-refractivity contribution in [3.8, 4) is 0 Å². The van der Waals surface area contributed by atoms with Crippen molar-refractivity contribution in [3.63, 3.8) is 0 Å². The first-order valence-corrected chi connectivity index (χ1v) is 5.34. The summed E-state index contributed by atoms with van der Waals surface area (Å²) < 4.78 is 0. The van der Waals surface area contributed by atoms with Gasteiger partial charge in [-0.1, -0.05) is 0 Å². The van der Waals surface area contributed by atoms with Gasteiger partial charge in [0.1, 0.15) is 5.69 Å². The Morgan fingerprint density at radius 3 is 2.73 bits per heavy atom. The Hall–Kier alpha value is -1.36. The summed E-state index contributed by atoms with van der Waals surface area (Å²) in [6.45, 7) is 3.87. The second-order valence-corrected chi connectivity index (χ2v) is 4.36. The second kappa shape index (κ2) is 3.34. The first-order valence-electron chi connectivity index (χ1n) is 5.34. The molecule has 0 radical (unpaired) electrons. The number of nitrogens with zero attached hydrogens (tertiary/aromatic N) is 2. The lowest BCUT2D eigenvalue weighted by molar-refractivity contribution is 0.0776. The Bertz CT molecular complexity index is 350. The maximum absolute atomic E-state index is 12.0. The maximum atomic E-state index is 12.0. The summed E-state index contributed by atoms with van der Waals surface area (Å²) in [5, 5.41) is 9.89. The van der Waals surface area contributed by atoms with Gasteiger partial charge in [-0.25, -0.2) is 0 Å². The van der Waals surface area contributed by atoms with E-state index in [4.69, 9.17) is 0 Å². The molecule has 0 aromatic carbocycles. The Labute approximate surface area is 87.8 Å². The number of nitrogens with one attached hydrogen (secondary N) is 2. The average molecular weight is 206 g/mol. The van der Waals surface area contributed by atoms with Crippen LogP contribution in [0.3, 0.4) is 0 Å². The Balaban J connectivity index is 1.72. The molecule has 80 valence electrons. The van der Waals surface area contributed by atoms with E-state index < -0.39 is 0 Å². The molecule has 1 aromatic heterocycles. The van der Waals surface area contributed by atoms with Gasteiger partial charge in [0.2, 0.25) is 0 Å². The van der Waals surface area contributed by atoms with E-state index >= 15 is 0 Å². The SMILES string of the molecule is O=C(c1ccn[nH]1)N1CC2CNCC2C1. The van der Waals surface area contributed by atoms with Gasteiger partial charge < -0.3 is 10.2 Å². The first-order chi connectivity index (χ1) is 7.34. The van der Waals surface area contributed by atoms with Crippen molar-refractivity contribution in [2.45, 2.75) is 0 Å². The third-order valence-electron chi connectivity index (χ3n) is 3.41. The van der Waals surface area contributed by atoms with Crippen LogP contribution in [0.2, 0.25) is 0 Å². The van der Waals surface area contributed by atoms with Gasteiger partial charge >= 0.3 is 0 Å². The second-order valence-electron chi connectivity index (χ2n) is 4.36. The van der Waals surface area contributed by atoms with E-state index in [0.29, 0.717) is 17.5 Å². The van der Waals surface area contributed by atoms with Gasteiger partial charge in [0, 0.05) is 32.4 Å². The zero-order chi connectivity index (χ0) is 10.3. The molecule has 2 aliphatic heterocycles. The van der Waals surface area contributed by atoms with Crippen LogP contribution in [-0.2, 0) is 0 Å². The van der Waals surface area contributed by atoms with Gasteiger partial charge in [0.25, 0.3) is 5.91 Å². The van der Waals surface area contributed by atoms with Gasteiger partial charge in [0.05, 0.1) is 0 Å². The van der Waals surface area contributed by atoms with E-state index in [1.54, 1.807) is 12.3 Å². The fraction of sp³-hybridized carbons (Fsp3) is 0.600. The van der Waals surface area contributed by atoms with Crippen LogP contribution in [0.15, 0.2) is 12.3 Å². The van der Waals surface area contributed by atoms with Crippen LogP contribution in [0.4, 0.5) is 0 Å². The highest BCUT2D eigenvalue weighted by Crippen LogP contribution is 2.26. The molecule has 2 atom stereocenters. The fourth-order valence-corrected chi connectivity index (χ4v) is 2.57. The smallest absolute Gasteiger partial charge is 0.271 e. The summed E-state index contributed by atoms with van der Waals surface area (Å²) in [5.74, 6) is 1.38. The number of aromatic nitrogens is 2. The molecule has 5 nitrogen and oxygen atoms in total. The monoisotopic (exact) mass is 206 g/mol. The lowest BCUT2D eigenvalue weighted by Gasteiger charge is -2.16. The van der Waals surface area contributed by atoms with E-state index in [9.17, 15) is 4.79 Å². The fourth-order valence-electron chi connectivity index (χ4n) is 2.57. The lowest BCUT2D eigenvalue weighted by Crippen LogP contribution is -2.32. The van der Waals surface area contributed by atoms with Crippen molar-refractivity contribution in [2.75, 3.05) is 26.2 Å². The molecular formula is C10H14N4O. The minimum Gasteiger partial charge on any atom is -0.337 e. The topological polar surface area (TPSA) is 61.0 Å². The van der Waals surface area contributed by atoms with Crippen molar-refractivity contribution < 1.29 is 4.79 Å². The van der Waals surface area contributed by atoms with Crippen molar-refractivity contribution >= 4 is 5.91 Å². The molecule has 1 aromatic rings. The van der Waals surface area contributed by atoms with Crippen LogP contribution in [0, 0.1) is 11.8 Å². The highest BCUT2D eigenvalue weighted by Gasteiger charge is 2.38. The summed E-state index contributed by atoms with van der Waals surface area (Å²) in [6.07, 6.45) is 1.62. The maximum Gasteiger partial charge on any atom is 0.271 e. The number of fused-ring (bicyclic) bond motifs is 1. The molecule has 3 heterocycles. The standard InChI is InChI=1S/C10H14N4O/c15-10(9-1-2-12-13-9)14-5-7-3-11-4-8(7)6-14/h1-2,7-8,11H,3-6H2,(H,12,13). The van der Waals surface area contributed by atoms with E-state index in [-0.39, 0.29) is 5.91 Å². The number of carbonyl (C=O) groups is 1. The highest BCUT2D eigenvalue weighted by atomic mass is 16.2. The molecule has 5 heteroatoms. The van der Waals surface area contributed by atoms with Crippen LogP contribution in [0.5, 0.6) is 0 Å². The molecular weight excluding hydrogens is 192 g/mol. The summed E-state index contributed by atoms with van der Waals surface area (Å²) >= 11 is 0. The summed E-state index contributed by atoms with van der Waals surface area (Å²) in [7, 11) is 0. The van der Waals surface area contributed by atoms with Crippen LogP contribution < -0.4 is 5.32 Å². The predicted octanol–water partition coefficient (Wildman–Crippen LogP) is -0.299. The zero-order valence-electron chi connectivity index (χ0n) is 8.44. The van der Waals surface area contributed by atoms with Crippen molar-refractivity contribution in [3.05, 3.63) is 18.0 Å². The molecule has 2 saturated heterocycles. The number of hydrogen-bond donors (Lipinski definition) is 2. The number of amides is 1. The molecule has 0 bridgehead atoms. The normalized spacial score (nSPS) is 29.5. The number of rotatable bonds is 1.